The van der Waals surface area contributed by atoms with Crippen LogP contribution in [0.3, 0.4) is 0 Å². The number of unbranched alkanes of at least 4 members (excludes halogenated alkanes) is 4. The van der Waals surface area contributed by atoms with E-state index in [1.165, 1.54) is 0 Å². The molecule has 2 N–H and O–H groups in total. The van der Waals surface area contributed by atoms with Gasteiger partial charge in [0.15, 0.2) is 0 Å². The molecule has 0 saturated carbocycles. The highest BCUT2D eigenvalue weighted by Gasteiger charge is 2.34. The van der Waals surface area contributed by atoms with E-state index in [1.54, 1.807) is 64.1 Å². The molecule has 11 nitrogen and oxygen atoms in total. The van der Waals surface area contributed by atoms with Crippen LogP contribution in [-0.2, 0) is 49.6 Å². The second-order valence-electron chi connectivity index (χ2n) is 16.5. The summed E-state index contributed by atoms with van der Waals surface area (Å²) in [5.74, 6) is -0.203. The van der Waals surface area contributed by atoms with Crippen LogP contribution in [0.5, 0.6) is 11.5 Å². The maximum Gasteiger partial charge on any atom is 0.410 e. The summed E-state index contributed by atoms with van der Waals surface area (Å²) in [6, 6.07) is 10.8. The summed E-state index contributed by atoms with van der Waals surface area (Å²) in [5.41, 5.74) is 1.17. The molecule has 7 rings (SSSR count). The van der Waals surface area contributed by atoms with E-state index in [0.717, 1.165) is 40.3 Å². The average Bonchev–Trinajstić information content (AvgIpc) is 0.873. The number of rotatable bonds is 28. The Hall–Kier alpha value is -4.49. The number of nitrogens with zero attached hydrogens (tertiary/aromatic N) is 1. The van der Waals surface area contributed by atoms with Gasteiger partial charge in [-0.15, -0.1) is 0 Å². The van der Waals surface area contributed by atoms with E-state index in [0.29, 0.717) is 48.7 Å². The molecule has 3 heterocycles. The number of hydrogen-bond donors (Lipinski definition) is 2. The van der Waals surface area contributed by atoms with Crippen molar-refractivity contribution >= 4 is 6.09 Å². The largest absolute Gasteiger partial charge is 0.463 e. The van der Waals surface area contributed by atoms with Gasteiger partial charge in [-0.1, -0.05) is 98.3 Å². The van der Waals surface area contributed by atoms with Crippen molar-refractivity contribution in [2.24, 2.45) is 0 Å². The van der Waals surface area contributed by atoms with Crippen LogP contribution in [0.4, 0.5) is 4.79 Å². The molecule has 0 bridgehead atoms. The number of ether oxygens (including phenoxy) is 7. The Bertz CT molecular complexity index is 3270. The highest BCUT2D eigenvalue weighted by Crippen LogP contribution is 2.36. The third-order valence-electron chi connectivity index (χ3n) is 10.2. The quantitative estimate of drug-likeness (QED) is 0.0533. The topological polar surface area (TPSA) is 117 Å². The van der Waals surface area contributed by atoms with E-state index in [2.05, 4.69) is 5.32 Å². The molecule has 0 spiro atoms. The monoisotopic (exact) mass is 963 g/mol. The van der Waals surface area contributed by atoms with Gasteiger partial charge in [0.2, 0.25) is 11.6 Å². The van der Waals surface area contributed by atoms with Gasteiger partial charge in [-0.2, -0.15) is 0 Å². The van der Waals surface area contributed by atoms with Gasteiger partial charge in [-0.05, 0) is 117 Å². The Morgan fingerprint density at radius 3 is 1.88 bits per heavy atom. The highest BCUT2D eigenvalue weighted by molar-refractivity contribution is 5.70. The summed E-state index contributed by atoms with van der Waals surface area (Å²) in [6.45, 7) is -3.64. The maximum atomic E-state index is 12.6. The summed E-state index contributed by atoms with van der Waals surface area (Å²) in [5, 5.41) is 13.3. The van der Waals surface area contributed by atoms with Gasteiger partial charge in [-0.25, -0.2) is 4.79 Å². The number of aliphatic hydroxyl groups excluding tert-OH is 1. The molecular formula is C57H80N2O9. The number of fused-ring (bicyclic) bond motifs is 2. The minimum Gasteiger partial charge on any atom is -0.463 e. The zero-order valence-electron chi connectivity index (χ0n) is 65.0. The number of carbonyl (C=O) groups excluding carboxylic acids is 1. The van der Waals surface area contributed by atoms with Gasteiger partial charge in [-0.3, -0.25) is 0 Å². The molecule has 372 valence electrons. The number of aliphatic hydroxyl groups is 1. The predicted molar refractivity (Wildman–Crippen MR) is 268 cm³/mol. The average molecular weight is 963 g/mol. The lowest BCUT2D eigenvalue weighted by molar-refractivity contribution is -0.180. The van der Waals surface area contributed by atoms with Crippen molar-refractivity contribution in [3.8, 4) is 11.5 Å². The Kier molecular flexibility index (Phi) is 11.5. The van der Waals surface area contributed by atoms with E-state index in [-0.39, 0.29) is 70.3 Å². The van der Waals surface area contributed by atoms with E-state index >= 15 is 0 Å². The third kappa shape index (κ3) is 18.8. The normalized spacial score (nSPS) is 24.9. The van der Waals surface area contributed by atoms with Gasteiger partial charge < -0.3 is 48.5 Å². The molecule has 2 atom stereocenters. The fraction of sp³-hybridized carbons (Fsp3) is 0.561. The fourth-order valence-corrected chi connectivity index (χ4v) is 6.70. The number of nitrogens with one attached hydrogen (secondary N) is 1. The van der Waals surface area contributed by atoms with E-state index in [9.17, 15) is 9.90 Å². The van der Waals surface area contributed by atoms with Crippen LogP contribution < -0.4 is 14.8 Å². The number of cyclic esters (lactones) is 1. The molecule has 2 unspecified atom stereocenters. The summed E-state index contributed by atoms with van der Waals surface area (Å²) >= 11 is 0. The fourth-order valence-electron chi connectivity index (χ4n) is 6.70. The van der Waals surface area contributed by atoms with E-state index in [1.807, 2.05) is 0 Å². The van der Waals surface area contributed by atoms with E-state index in [4.69, 9.17) is 68.8 Å². The van der Waals surface area contributed by atoms with Gasteiger partial charge >= 0.3 is 6.09 Å². The summed E-state index contributed by atoms with van der Waals surface area (Å²) in [7, 11) is 0. The molecule has 0 radical (unpaired) electrons. The molecule has 1 amide bonds. The number of hydrogen-bond acceptors (Lipinski definition) is 10. The van der Waals surface area contributed by atoms with Crippen LogP contribution in [0.25, 0.3) is 0 Å². The number of benzene rings is 4. The zero-order valence-corrected chi connectivity index (χ0v) is 39.0. The predicted octanol–water partition coefficient (Wildman–Crippen LogP) is 12.0. The maximum absolute atomic E-state index is 12.6. The molecular weight excluding hydrogens is 857 g/mol. The lowest BCUT2D eigenvalue weighted by Gasteiger charge is -2.33. The lowest BCUT2D eigenvalue weighted by atomic mass is 10.0. The van der Waals surface area contributed by atoms with Crippen molar-refractivity contribution in [3.63, 3.8) is 0 Å². The second-order valence-corrected chi connectivity index (χ2v) is 16.5. The Labute approximate surface area is 443 Å². The molecule has 1 fully saturated rings. The zero-order chi connectivity index (χ0) is 71.0. The van der Waals surface area contributed by atoms with E-state index < -0.39 is 136 Å². The second kappa shape index (κ2) is 28.2. The molecule has 3 aliphatic heterocycles. The van der Waals surface area contributed by atoms with Crippen molar-refractivity contribution in [3.05, 3.63) is 130 Å². The first-order valence-corrected chi connectivity index (χ1v) is 22.7. The first-order valence-electron chi connectivity index (χ1n) is 35.7. The lowest BCUT2D eigenvalue weighted by Crippen LogP contribution is -2.35. The van der Waals surface area contributed by atoms with Gasteiger partial charge in [0.25, 0.3) is 0 Å². The smallest absolute Gasteiger partial charge is 0.410 e. The first kappa shape index (κ1) is 27.8. The third-order valence-corrected chi connectivity index (χ3v) is 10.2. The summed E-state index contributed by atoms with van der Waals surface area (Å²) < 4.78 is 251. The van der Waals surface area contributed by atoms with Crippen molar-refractivity contribution in [2.45, 2.75) is 154 Å². The van der Waals surface area contributed by atoms with Crippen LogP contribution in [0.2, 0.25) is 0 Å². The summed E-state index contributed by atoms with van der Waals surface area (Å²) in [6.07, 6.45) is -22.2. The Morgan fingerprint density at radius 1 is 0.735 bits per heavy atom. The summed E-state index contributed by atoms with van der Waals surface area (Å²) in [4.78, 5) is 13.7. The number of carbonyl (C=O) groups is 1. The molecule has 0 aliphatic carbocycles. The molecule has 1 saturated heterocycles. The highest BCUT2D eigenvalue weighted by atomic mass is 16.7. The van der Waals surface area contributed by atoms with Gasteiger partial charge in [0.1, 0.15) is 17.6 Å². The van der Waals surface area contributed by atoms with Crippen LogP contribution in [0.1, 0.15) is 186 Å². The molecule has 0 aromatic heterocycles. The number of amides is 1. The first-order chi connectivity index (χ1) is 42.9. The molecule has 4 aromatic rings. The molecule has 68 heavy (non-hydrogen) atoms. The van der Waals surface area contributed by atoms with Crippen LogP contribution >= 0.6 is 0 Å². The van der Waals surface area contributed by atoms with Crippen molar-refractivity contribution in [1.29, 1.82) is 0 Å². The Balaban J connectivity index is 0.000000298. The Morgan fingerprint density at radius 2 is 1.28 bits per heavy atom. The van der Waals surface area contributed by atoms with Crippen molar-refractivity contribution < 1.29 is 78.7 Å². The van der Waals surface area contributed by atoms with Crippen LogP contribution in [0.15, 0.2) is 96.9 Å². The van der Waals surface area contributed by atoms with Crippen LogP contribution in [0, 0.1) is 0 Å². The molecule has 3 aliphatic rings. The standard InChI is InChI=1S/C29H39NO5.C28H41NO4/c1-29(2)33-22-25-20-24(15-16-26(25)35-29)27-21-30(28(31)34-27)17-9-3-4-10-18-32-19-11-8-14-23-12-6-5-7-13-23;1-28(2)32-22-25-20-24(15-16-27(25)33-28)26(30)21-29-17-9-3-4-10-18-31-19-11-8-14-23-12-6-5-7-13-23/h5-7,12-13,15-16,20,27H,3-4,8-11,14,17-19,21-22H2,1-2H3;5-7,12-13,15-16,20,26,29-30H,3-4,8-11,14,17-19,21-22H2,1-2H3/i2*5D,8D2,11D2,12D,13D,14D2,17D2,19D2. The van der Waals surface area contributed by atoms with Gasteiger partial charge in [0, 0.05) is 100 Å². The minimum atomic E-state index is -3.63. The minimum absolute atomic E-state index is 0.0254. The SMILES string of the molecule is [2H]c1cc([2H])c(C([2H])([2H])C([2H])([2H])C([2H])([2H])C([2H])([2H])OCCCCCC([2H])([2H])N2CC(c3ccc4c(c3)COC(C)(C)O4)OC2=O)c([2H])c1.[2H]c1cc([2H])c(C([2H])([2H])C([2H])([2H])C([2H])([2H])C([2H])([2H])OCCCCCC([2H])([2H])NCC(O)c2ccc3c(c2)COC(C)(C)O3)c([2H])c1. The van der Waals surface area contributed by atoms with Crippen molar-refractivity contribution in [2.75, 3.05) is 52.4 Å². The van der Waals surface area contributed by atoms with Crippen LogP contribution in [-0.4, -0.2) is 80.1 Å². The molecule has 4 aromatic carbocycles. The van der Waals surface area contributed by atoms with Crippen molar-refractivity contribution in [1.82, 2.24) is 10.2 Å². The van der Waals surface area contributed by atoms with Gasteiger partial charge in [0.05, 0.1) is 39.6 Å². The molecule has 11 heteroatoms.